The number of hydrogen-bond acceptors (Lipinski definition) is 9. The van der Waals surface area contributed by atoms with Gasteiger partial charge in [-0.1, -0.05) is 6.07 Å². The number of hydrogen-bond donors (Lipinski definition) is 3. The molecule has 1 aromatic heterocycles. The number of primary amides is 1. The first kappa shape index (κ1) is 34.1. The van der Waals surface area contributed by atoms with Gasteiger partial charge in [0.2, 0.25) is 17.7 Å². The molecule has 3 fully saturated rings. The Hall–Kier alpha value is -5.22. The zero-order valence-electron chi connectivity index (χ0n) is 26.4. The van der Waals surface area contributed by atoms with E-state index in [0.29, 0.717) is 19.4 Å². The second kappa shape index (κ2) is 14.3. The molecule has 0 spiro atoms. The fraction of sp³-hybridized carbons (Fsp3) is 0.516. The molecule has 48 heavy (non-hydrogen) atoms. The maximum atomic E-state index is 14.2. The highest BCUT2D eigenvalue weighted by Gasteiger charge is 2.57. The lowest BCUT2D eigenvalue weighted by Crippen LogP contribution is -2.58. The van der Waals surface area contributed by atoms with Crippen molar-refractivity contribution in [1.82, 2.24) is 29.8 Å². The monoisotopic (exact) mass is 671 g/mol. The lowest BCUT2D eigenvalue weighted by molar-refractivity contribution is -0.146. The fourth-order valence-corrected chi connectivity index (χ4v) is 6.37. The summed E-state index contributed by atoms with van der Waals surface area (Å²) < 4.78 is 26.1. The van der Waals surface area contributed by atoms with E-state index in [9.17, 15) is 38.3 Å². The Bertz CT molecular complexity index is 1590. The standard InChI is InChI=1S/C31H38FN7O9/c1-2-47-30(46)37-13-11-36(12-14-37)28(44)23(17-26(41)42)34-27(43)22-16-25(39(35-22)21-6-3-5-20(32)15-21)48-18-24(40)38-10-4-9-31(38,29(33)45)19-7-8-19/h3,5-6,15-16,19,23H,2,4,7-14,17-18H2,1H3,(H2,33,45)(H,34,43)(H,41,42)/t23-,31-/m0/s1. The Balaban J connectivity index is 1.33. The second-order valence-electron chi connectivity index (χ2n) is 11.9. The number of benzene rings is 1. The largest absolute Gasteiger partial charge is 0.481 e. The highest BCUT2D eigenvalue weighted by atomic mass is 19.1. The van der Waals surface area contributed by atoms with Crippen LogP contribution < -0.4 is 15.8 Å². The third kappa shape index (κ3) is 7.18. The van der Waals surface area contributed by atoms with Crippen LogP contribution >= 0.6 is 0 Å². The minimum atomic E-state index is -1.48. The zero-order chi connectivity index (χ0) is 34.6. The van der Waals surface area contributed by atoms with E-state index in [-0.39, 0.29) is 56.0 Å². The maximum Gasteiger partial charge on any atom is 0.409 e. The van der Waals surface area contributed by atoms with Crippen molar-refractivity contribution < 1.29 is 47.7 Å². The van der Waals surface area contributed by atoms with E-state index in [1.807, 2.05) is 0 Å². The molecule has 3 heterocycles. The Morgan fingerprint density at radius 3 is 2.42 bits per heavy atom. The molecule has 1 saturated carbocycles. The third-order valence-electron chi connectivity index (χ3n) is 8.81. The number of nitrogens with two attached hydrogens (primary N) is 1. The molecule has 17 heteroatoms. The van der Waals surface area contributed by atoms with Crippen molar-refractivity contribution in [2.45, 2.75) is 50.6 Å². The van der Waals surface area contributed by atoms with E-state index >= 15 is 0 Å². The molecule has 2 atom stereocenters. The van der Waals surface area contributed by atoms with Gasteiger partial charge in [0, 0.05) is 38.8 Å². The number of carbonyl (C=O) groups excluding carboxylic acids is 5. The van der Waals surface area contributed by atoms with Gasteiger partial charge >= 0.3 is 12.1 Å². The molecule has 5 amide bonds. The Morgan fingerprint density at radius 1 is 1.08 bits per heavy atom. The van der Waals surface area contributed by atoms with E-state index in [1.165, 1.54) is 39.0 Å². The molecule has 4 N–H and O–H groups in total. The van der Waals surface area contributed by atoms with Crippen molar-refractivity contribution in [3.63, 3.8) is 0 Å². The Kier molecular flexibility index (Phi) is 10.1. The number of likely N-dealkylation sites (tertiary alicyclic amines) is 1. The third-order valence-corrected chi connectivity index (χ3v) is 8.81. The summed E-state index contributed by atoms with van der Waals surface area (Å²) in [6.45, 7) is 2.17. The summed E-state index contributed by atoms with van der Waals surface area (Å²) in [5.74, 6) is -4.74. The van der Waals surface area contributed by atoms with Crippen molar-refractivity contribution in [2.24, 2.45) is 11.7 Å². The van der Waals surface area contributed by atoms with Crippen LogP contribution in [0.15, 0.2) is 30.3 Å². The minimum Gasteiger partial charge on any atom is -0.481 e. The Labute approximate surface area is 274 Å². The van der Waals surface area contributed by atoms with Crippen LogP contribution in [0.3, 0.4) is 0 Å². The average molecular weight is 672 g/mol. The van der Waals surface area contributed by atoms with Gasteiger partial charge in [0.15, 0.2) is 12.3 Å². The quantitative estimate of drug-likeness (QED) is 0.285. The summed E-state index contributed by atoms with van der Waals surface area (Å²) >= 11 is 0. The van der Waals surface area contributed by atoms with Crippen LogP contribution in [-0.4, -0.2) is 123 Å². The lowest BCUT2D eigenvalue weighted by Gasteiger charge is -2.36. The van der Waals surface area contributed by atoms with Crippen molar-refractivity contribution in [1.29, 1.82) is 0 Å². The fourth-order valence-electron chi connectivity index (χ4n) is 6.37. The Morgan fingerprint density at radius 2 is 1.79 bits per heavy atom. The molecule has 2 saturated heterocycles. The van der Waals surface area contributed by atoms with E-state index in [0.717, 1.165) is 23.6 Å². The van der Waals surface area contributed by atoms with Crippen molar-refractivity contribution >= 4 is 35.7 Å². The number of amides is 5. The van der Waals surface area contributed by atoms with Gasteiger partial charge in [0.05, 0.1) is 18.7 Å². The average Bonchev–Trinajstić information content (AvgIpc) is 3.66. The number of carboxylic acids is 1. The van der Waals surface area contributed by atoms with Gasteiger partial charge in [-0.05, 0) is 56.7 Å². The predicted molar refractivity (Wildman–Crippen MR) is 163 cm³/mol. The normalized spacial score (nSPS) is 19.8. The number of carboxylic acid groups (broad SMARTS) is 1. The molecule has 16 nitrogen and oxygen atoms in total. The number of nitrogens with one attached hydrogen (secondary N) is 1. The number of nitrogens with zero attached hydrogens (tertiary/aromatic N) is 5. The first-order valence-electron chi connectivity index (χ1n) is 15.8. The summed E-state index contributed by atoms with van der Waals surface area (Å²) in [5, 5.41) is 16.2. The topological polar surface area (TPSA) is 207 Å². The summed E-state index contributed by atoms with van der Waals surface area (Å²) in [6.07, 6.45) is 1.38. The van der Waals surface area contributed by atoms with Crippen molar-refractivity contribution in [3.05, 3.63) is 41.8 Å². The molecular formula is C31H38FN7O9. The smallest absolute Gasteiger partial charge is 0.409 e. The van der Waals surface area contributed by atoms with E-state index in [2.05, 4.69) is 10.4 Å². The zero-order valence-corrected chi connectivity index (χ0v) is 26.4. The molecule has 3 aliphatic rings. The summed E-state index contributed by atoms with van der Waals surface area (Å²) in [7, 11) is 0. The predicted octanol–water partition coefficient (Wildman–Crippen LogP) is 0.521. The summed E-state index contributed by atoms with van der Waals surface area (Å²) in [6, 6.07) is 4.93. The van der Waals surface area contributed by atoms with Gasteiger partial charge in [-0.25, -0.2) is 13.9 Å². The highest BCUT2D eigenvalue weighted by molar-refractivity contribution is 5.97. The number of ether oxygens (including phenoxy) is 2. The van der Waals surface area contributed by atoms with Crippen molar-refractivity contribution in [2.75, 3.05) is 45.9 Å². The number of carbonyl (C=O) groups is 6. The molecular weight excluding hydrogens is 633 g/mol. The van der Waals surface area contributed by atoms with Crippen LogP contribution in [0.2, 0.25) is 0 Å². The van der Waals surface area contributed by atoms with Gasteiger partial charge in [-0.2, -0.15) is 5.10 Å². The first-order chi connectivity index (χ1) is 22.9. The van der Waals surface area contributed by atoms with Gasteiger partial charge in [0.25, 0.3) is 11.8 Å². The van der Waals surface area contributed by atoms with Crippen LogP contribution in [0, 0.1) is 11.7 Å². The van der Waals surface area contributed by atoms with Crippen LogP contribution in [-0.2, 0) is 23.9 Å². The minimum absolute atomic E-state index is 0.0162. The van der Waals surface area contributed by atoms with E-state index in [4.69, 9.17) is 15.2 Å². The van der Waals surface area contributed by atoms with Gasteiger partial charge < -0.3 is 40.3 Å². The first-order valence-corrected chi connectivity index (χ1v) is 15.8. The second-order valence-corrected chi connectivity index (χ2v) is 11.9. The number of aromatic nitrogens is 2. The van der Waals surface area contributed by atoms with E-state index < -0.39 is 66.1 Å². The number of rotatable bonds is 12. The molecule has 2 aromatic rings. The van der Waals surface area contributed by atoms with Crippen LogP contribution in [0.5, 0.6) is 5.88 Å². The highest BCUT2D eigenvalue weighted by Crippen LogP contribution is 2.48. The maximum absolute atomic E-state index is 14.2. The van der Waals surface area contributed by atoms with Gasteiger partial charge in [-0.15, -0.1) is 0 Å². The molecule has 0 bridgehead atoms. The molecule has 258 valence electrons. The number of aliphatic carboxylic acids is 1. The molecule has 0 unspecified atom stereocenters. The number of halogens is 1. The van der Waals surface area contributed by atoms with Crippen LogP contribution in [0.4, 0.5) is 9.18 Å². The van der Waals surface area contributed by atoms with Crippen LogP contribution in [0.1, 0.15) is 49.5 Å². The molecule has 0 radical (unpaired) electrons. The summed E-state index contributed by atoms with van der Waals surface area (Å²) in [4.78, 5) is 80.6. The van der Waals surface area contributed by atoms with E-state index in [1.54, 1.807) is 6.92 Å². The molecule has 5 rings (SSSR count). The molecule has 1 aromatic carbocycles. The summed E-state index contributed by atoms with van der Waals surface area (Å²) in [5.41, 5.74) is 4.55. The lowest BCUT2D eigenvalue weighted by atomic mass is 9.89. The van der Waals surface area contributed by atoms with Gasteiger partial charge in [0.1, 0.15) is 17.4 Å². The number of piperazine rings is 1. The van der Waals surface area contributed by atoms with Gasteiger partial charge in [-0.3, -0.25) is 24.0 Å². The van der Waals surface area contributed by atoms with Crippen molar-refractivity contribution in [3.8, 4) is 11.6 Å². The SMILES string of the molecule is CCOC(=O)N1CCN(C(=O)[C@H](CC(=O)O)NC(=O)c2cc(OCC(=O)N3CCC[C@@]3(C(N)=O)C3CC3)n(-c3cccc(F)c3)n2)CC1. The van der Waals surface area contributed by atoms with Crippen LogP contribution in [0.25, 0.3) is 5.69 Å². The molecule has 1 aliphatic carbocycles. The molecule has 2 aliphatic heterocycles.